The van der Waals surface area contributed by atoms with E-state index in [2.05, 4.69) is 17.2 Å². The van der Waals surface area contributed by atoms with E-state index in [1.807, 2.05) is 10.9 Å². The van der Waals surface area contributed by atoms with E-state index >= 15 is 0 Å². The molecule has 0 aliphatic rings. The zero-order valence-corrected chi connectivity index (χ0v) is 14.6. The Morgan fingerprint density at radius 2 is 1.23 bits per heavy atom. The van der Waals surface area contributed by atoms with E-state index in [4.69, 9.17) is 5.73 Å². The molecule has 0 saturated heterocycles. The molecule has 0 aromatic carbocycles. The monoisotopic (exact) mass is 308 g/mol. The van der Waals surface area contributed by atoms with Gasteiger partial charge in [-0.05, 0) is 6.42 Å². The minimum absolute atomic E-state index is 0.519. The van der Waals surface area contributed by atoms with Gasteiger partial charge in [-0.2, -0.15) is 0 Å². The van der Waals surface area contributed by atoms with Crippen LogP contribution in [0.4, 0.5) is 5.82 Å². The molecule has 0 saturated carbocycles. The predicted octanol–water partition coefficient (Wildman–Crippen LogP) is 5.34. The number of anilines is 1. The average Bonchev–Trinajstić information content (AvgIpc) is 2.93. The van der Waals surface area contributed by atoms with Crippen molar-refractivity contribution < 1.29 is 0 Å². The van der Waals surface area contributed by atoms with Crippen molar-refractivity contribution in [1.29, 1.82) is 0 Å². The molecule has 22 heavy (non-hydrogen) atoms. The Labute approximate surface area is 136 Å². The molecule has 0 unspecified atom stereocenters. The van der Waals surface area contributed by atoms with Crippen molar-refractivity contribution in [3.8, 4) is 0 Å². The molecule has 1 heterocycles. The summed E-state index contributed by atoms with van der Waals surface area (Å²) >= 11 is 0. The van der Waals surface area contributed by atoms with E-state index in [1.165, 1.54) is 89.9 Å². The van der Waals surface area contributed by atoms with Gasteiger partial charge in [-0.25, -0.2) is 0 Å². The molecule has 1 aromatic heterocycles. The number of nitrogens with zero attached hydrogens (tertiary/aromatic N) is 3. The Balaban J connectivity index is 1.73. The van der Waals surface area contributed by atoms with E-state index in [1.54, 1.807) is 0 Å². The van der Waals surface area contributed by atoms with Gasteiger partial charge in [0.2, 0.25) is 0 Å². The summed E-state index contributed by atoms with van der Waals surface area (Å²) in [5.74, 6) is 0.519. The lowest BCUT2D eigenvalue weighted by Gasteiger charge is -2.03. The number of unbranched alkanes of at least 4 members (excludes halogenated alkanes) is 13. The molecular formula is C18H36N4. The number of hydrogen-bond donors (Lipinski definition) is 1. The average molecular weight is 309 g/mol. The summed E-state index contributed by atoms with van der Waals surface area (Å²) in [6.07, 6.45) is 21.3. The van der Waals surface area contributed by atoms with E-state index in [-0.39, 0.29) is 0 Å². The first-order chi connectivity index (χ1) is 10.8. The van der Waals surface area contributed by atoms with E-state index < -0.39 is 0 Å². The number of aryl methyl sites for hydroxylation is 1. The fourth-order valence-electron chi connectivity index (χ4n) is 2.89. The Hall–Kier alpha value is -1.06. The van der Waals surface area contributed by atoms with Crippen molar-refractivity contribution in [3.05, 3.63) is 6.20 Å². The van der Waals surface area contributed by atoms with Crippen molar-refractivity contribution >= 4 is 5.82 Å². The van der Waals surface area contributed by atoms with E-state index in [0.29, 0.717) is 5.82 Å². The Morgan fingerprint density at radius 1 is 0.773 bits per heavy atom. The maximum atomic E-state index is 5.53. The van der Waals surface area contributed by atoms with Crippen LogP contribution in [0.1, 0.15) is 96.8 Å². The first kappa shape index (κ1) is 19.0. The Morgan fingerprint density at radius 3 is 1.64 bits per heavy atom. The van der Waals surface area contributed by atoms with Gasteiger partial charge in [0.05, 0.1) is 6.20 Å². The van der Waals surface area contributed by atoms with Gasteiger partial charge in [0.1, 0.15) is 0 Å². The third kappa shape index (κ3) is 10.6. The van der Waals surface area contributed by atoms with Gasteiger partial charge in [0.25, 0.3) is 0 Å². The number of nitrogens with two attached hydrogens (primary N) is 1. The van der Waals surface area contributed by atoms with Gasteiger partial charge in [-0.1, -0.05) is 95.6 Å². The summed E-state index contributed by atoms with van der Waals surface area (Å²) in [4.78, 5) is 0. The standard InChI is InChI=1S/C18H36N4/c1-2-3-4-5-6-7-8-9-10-11-12-13-14-15-16-22-17-18(19)20-21-22/h17H,2-16,19H2,1H3. The van der Waals surface area contributed by atoms with Crippen molar-refractivity contribution in [1.82, 2.24) is 15.0 Å². The summed E-state index contributed by atoms with van der Waals surface area (Å²) in [7, 11) is 0. The van der Waals surface area contributed by atoms with Crippen LogP contribution >= 0.6 is 0 Å². The van der Waals surface area contributed by atoms with Crippen LogP contribution in [0.2, 0.25) is 0 Å². The van der Waals surface area contributed by atoms with Gasteiger partial charge in [0, 0.05) is 6.54 Å². The van der Waals surface area contributed by atoms with Gasteiger partial charge >= 0.3 is 0 Å². The molecule has 2 N–H and O–H groups in total. The maximum Gasteiger partial charge on any atom is 0.165 e. The van der Waals surface area contributed by atoms with E-state index in [0.717, 1.165) is 6.54 Å². The van der Waals surface area contributed by atoms with E-state index in [9.17, 15) is 0 Å². The largest absolute Gasteiger partial charge is 0.381 e. The lowest BCUT2D eigenvalue weighted by Crippen LogP contribution is -1.98. The van der Waals surface area contributed by atoms with Crippen LogP contribution < -0.4 is 5.73 Å². The second-order valence-corrected chi connectivity index (χ2v) is 6.50. The van der Waals surface area contributed by atoms with Crippen molar-refractivity contribution in [3.63, 3.8) is 0 Å². The van der Waals surface area contributed by atoms with Crippen LogP contribution in [0.15, 0.2) is 6.20 Å². The minimum Gasteiger partial charge on any atom is -0.381 e. The van der Waals surface area contributed by atoms with Crippen molar-refractivity contribution in [2.75, 3.05) is 5.73 Å². The van der Waals surface area contributed by atoms with Crippen LogP contribution in [0.25, 0.3) is 0 Å². The highest BCUT2D eigenvalue weighted by molar-refractivity contribution is 5.19. The minimum atomic E-state index is 0.519. The summed E-state index contributed by atoms with van der Waals surface area (Å²) in [5, 5.41) is 7.75. The highest BCUT2D eigenvalue weighted by atomic mass is 15.4. The molecule has 0 aliphatic carbocycles. The molecular weight excluding hydrogens is 272 g/mol. The molecule has 4 heteroatoms. The highest BCUT2D eigenvalue weighted by Crippen LogP contribution is 2.13. The first-order valence-corrected chi connectivity index (χ1v) is 9.48. The zero-order valence-electron chi connectivity index (χ0n) is 14.6. The fraction of sp³-hybridized carbons (Fsp3) is 0.889. The molecule has 1 aromatic rings. The third-order valence-corrected chi connectivity index (χ3v) is 4.30. The summed E-state index contributed by atoms with van der Waals surface area (Å²) in [5.41, 5.74) is 5.53. The second-order valence-electron chi connectivity index (χ2n) is 6.50. The molecule has 0 amide bonds. The quantitative estimate of drug-likeness (QED) is 0.445. The van der Waals surface area contributed by atoms with Gasteiger partial charge < -0.3 is 5.73 Å². The fourth-order valence-corrected chi connectivity index (χ4v) is 2.89. The Kier molecular flexibility index (Phi) is 11.7. The van der Waals surface area contributed by atoms with Crippen molar-refractivity contribution in [2.45, 2.75) is 103 Å². The molecule has 0 bridgehead atoms. The molecule has 0 spiro atoms. The van der Waals surface area contributed by atoms with Crippen LogP contribution in [-0.4, -0.2) is 15.0 Å². The van der Waals surface area contributed by atoms with Crippen LogP contribution in [0, 0.1) is 0 Å². The highest BCUT2D eigenvalue weighted by Gasteiger charge is 1.97. The van der Waals surface area contributed by atoms with Gasteiger partial charge in [-0.3, -0.25) is 4.68 Å². The molecule has 0 aliphatic heterocycles. The third-order valence-electron chi connectivity index (χ3n) is 4.30. The number of hydrogen-bond acceptors (Lipinski definition) is 3. The molecule has 1 rings (SSSR count). The normalized spacial score (nSPS) is 11.1. The smallest absolute Gasteiger partial charge is 0.165 e. The van der Waals surface area contributed by atoms with Gasteiger partial charge in [-0.15, -0.1) is 5.10 Å². The van der Waals surface area contributed by atoms with Crippen LogP contribution in [0.3, 0.4) is 0 Å². The second kappa shape index (κ2) is 13.6. The van der Waals surface area contributed by atoms with Crippen molar-refractivity contribution in [2.24, 2.45) is 0 Å². The van der Waals surface area contributed by atoms with Crippen LogP contribution in [-0.2, 0) is 6.54 Å². The number of nitrogen functional groups attached to an aromatic ring is 1. The maximum absolute atomic E-state index is 5.53. The molecule has 0 atom stereocenters. The molecule has 0 radical (unpaired) electrons. The van der Waals surface area contributed by atoms with Gasteiger partial charge in [0.15, 0.2) is 5.82 Å². The summed E-state index contributed by atoms with van der Waals surface area (Å²) < 4.78 is 1.84. The SMILES string of the molecule is CCCCCCCCCCCCCCCCn1cc(N)nn1. The summed E-state index contributed by atoms with van der Waals surface area (Å²) in [6, 6.07) is 0. The van der Waals surface area contributed by atoms with Crippen LogP contribution in [0.5, 0.6) is 0 Å². The summed E-state index contributed by atoms with van der Waals surface area (Å²) in [6.45, 7) is 3.23. The molecule has 4 nitrogen and oxygen atoms in total. The lowest BCUT2D eigenvalue weighted by molar-refractivity contribution is 0.504. The zero-order chi connectivity index (χ0) is 15.9. The Bertz CT molecular complexity index is 349. The topological polar surface area (TPSA) is 56.7 Å². The predicted molar refractivity (Wildman–Crippen MR) is 94.7 cm³/mol. The number of aromatic nitrogens is 3. The number of rotatable bonds is 15. The molecule has 128 valence electrons. The molecule has 0 fully saturated rings. The first-order valence-electron chi connectivity index (χ1n) is 9.48. The lowest BCUT2D eigenvalue weighted by atomic mass is 10.0.